The molecule has 1 aromatic carbocycles. The number of nitrogens with one attached hydrogen (secondary N) is 1. The van der Waals surface area contributed by atoms with Gasteiger partial charge in [0.15, 0.2) is 0 Å². The van der Waals surface area contributed by atoms with Crippen LogP contribution in [0.25, 0.3) is 0 Å². The topological polar surface area (TPSA) is 113 Å². The van der Waals surface area contributed by atoms with Gasteiger partial charge in [-0.1, -0.05) is 12.1 Å². The first-order chi connectivity index (χ1) is 8.82. The van der Waals surface area contributed by atoms with Gasteiger partial charge >= 0.3 is 0 Å². The smallest absolute Gasteiger partial charge is 0.219 e. The zero-order valence-electron chi connectivity index (χ0n) is 10.5. The molecule has 0 spiro atoms. The summed E-state index contributed by atoms with van der Waals surface area (Å²) < 4.78 is 26.0. The molecule has 1 atom stereocenters. The molecule has 1 rings (SSSR count). The van der Waals surface area contributed by atoms with Crippen molar-refractivity contribution in [2.45, 2.75) is 25.1 Å². The van der Waals surface area contributed by atoms with Gasteiger partial charge in [-0.25, -0.2) is 13.1 Å². The minimum atomic E-state index is -3.54. The summed E-state index contributed by atoms with van der Waals surface area (Å²) in [6.07, 6.45) is -0.0490. The molecule has 19 heavy (non-hydrogen) atoms. The minimum absolute atomic E-state index is 0.0490. The number of nitriles is 1. The number of hydrogen-bond acceptors (Lipinski definition) is 4. The minimum Gasteiger partial charge on any atom is -0.370 e. The maximum atomic E-state index is 11.8. The molecule has 0 aromatic heterocycles. The number of sulfonamides is 1. The van der Waals surface area contributed by atoms with Crippen molar-refractivity contribution in [3.05, 3.63) is 35.4 Å². The molecule has 3 N–H and O–H groups in total. The summed E-state index contributed by atoms with van der Waals surface area (Å²) in [6, 6.07) is 7.68. The molecule has 0 saturated carbocycles. The van der Waals surface area contributed by atoms with E-state index in [0.717, 1.165) is 0 Å². The number of nitrogens with zero attached hydrogens (tertiary/aromatic N) is 1. The first kappa shape index (κ1) is 15.1. The molecule has 1 aromatic rings. The van der Waals surface area contributed by atoms with Gasteiger partial charge in [-0.2, -0.15) is 5.26 Å². The van der Waals surface area contributed by atoms with Crippen molar-refractivity contribution >= 4 is 15.9 Å². The van der Waals surface area contributed by atoms with Crippen molar-refractivity contribution < 1.29 is 13.2 Å². The van der Waals surface area contributed by atoms with E-state index in [-0.39, 0.29) is 12.2 Å². The summed E-state index contributed by atoms with van der Waals surface area (Å²) in [4.78, 5) is 10.7. The number of rotatable bonds is 6. The highest BCUT2D eigenvalue weighted by atomic mass is 32.2. The zero-order valence-corrected chi connectivity index (χ0v) is 11.3. The lowest BCUT2D eigenvalue weighted by molar-refractivity contribution is -0.118. The maximum absolute atomic E-state index is 11.8. The van der Waals surface area contributed by atoms with Crippen molar-refractivity contribution in [2.75, 3.05) is 0 Å². The Labute approximate surface area is 112 Å². The molecule has 0 aliphatic heterocycles. The molecule has 0 aliphatic rings. The Hall–Kier alpha value is -1.91. The highest BCUT2D eigenvalue weighted by molar-refractivity contribution is 7.88. The third kappa shape index (κ3) is 5.50. The lowest BCUT2D eigenvalue weighted by Gasteiger charge is -2.12. The van der Waals surface area contributed by atoms with E-state index in [1.807, 2.05) is 6.07 Å². The van der Waals surface area contributed by atoms with E-state index in [1.54, 1.807) is 31.2 Å². The lowest BCUT2D eigenvalue weighted by atomic mass is 10.2. The molecule has 0 saturated heterocycles. The van der Waals surface area contributed by atoms with Gasteiger partial charge in [0.25, 0.3) is 0 Å². The number of amides is 1. The van der Waals surface area contributed by atoms with Crippen LogP contribution in [0.5, 0.6) is 0 Å². The lowest BCUT2D eigenvalue weighted by Crippen LogP contribution is -2.36. The second-order valence-electron chi connectivity index (χ2n) is 4.26. The van der Waals surface area contributed by atoms with Gasteiger partial charge in [0.1, 0.15) is 0 Å². The molecule has 0 aliphatic carbocycles. The Morgan fingerprint density at radius 2 is 2.00 bits per heavy atom. The number of carbonyl (C=O) groups excluding carboxylic acids is 1. The Morgan fingerprint density at radius 3 is 2.47 bits per heavy atom. The normalized spacial score (nSPS) is 12.6. The maximum Gasteiger partial charge on any atom is 0.219 e. The summed E-state index contributed by atoms with van der Waals surface area (Å²) in [7, 11) is -3.54. The van der Waals surface area contributed by atoms with Crippen molar-refractivity contribution in [3.63, 3.8) is 0 Å². The van der Waals surface area contributed by atoms with Crippen LogP contribution in [0.1, 0.15) is 24.5 Å². The molecule has 0 heterocycles. The van der Waals surface area contributed by atoms with Crippen LogP contribution in [0.2, 0.25) is 0 Å². The zero-order chi connectivity index (χ0) is 14.5. The summed E-state index contributed by atoms with van der Waals surface area (Å²) in [5.74, 6) is -0.768. The van der Waals surface area contributed by atoms with Gasteiger partial charge in [-0.05, 0) is 24.6 Å². The van der Waals surface area contributed by atoms with Crippen molar-refractivity contribution in [2.24, 2.45) is 5.73 Å². The van der Waals surface area contributed by atoms with Crippen LogP contribution >= 0.6 is 0 Å². The van der Waals surface area contributed by atoms with E-state index in [0.29, 0.717) is 11.1 Å². The second kappa shape index (κ2) is 6.31. The summed E-state index contributed by atoms with van der Waals surface area (Å²) >= 11 is 0. The summed E-state index contributed by atoms with van der Waals surface area (Å²) in [5, 5.41) is 8.64. The van der Waals surface area contributed by atoms with E-state index in [2.05, 4.69) is 4.72 Å². The van der Waals surface area contributed by atoms with Crippen molar-refractivity contribution in [1.29, 1.82) is 5.26 Å². The quantitative estimate of drug-likeness (QED) is 0.777. The highest BCUT2D eigenvalue weighted by Crippen LogP contribution is 2.08. The molecule has 7 heteroatoms. The predicted molar refractivity (Wildman–Crippen MR) is 70.2 cm³/mol. The van der Waals surface area contributed by atoms with Crippen LogP contribution < -0.4 is 10.5 Å². The van der Waals surface area contributed by atoms with Crippen molar-refractivity contribution in [3.8, 4) is 6.07 Å². The first-order valence-electron chi connectivity index (χ1n) is 5.60. The van der Waals surface area contributed by atoms with E-state index in [4.69, 9.17) is 11.0 Å². The van der Waals surface area contributed by atoms with Gasteiger partial charge in [0.2, 0.25) is 15.9 Å². The highest BCUT2D eigenvalue weighted by Gasteiger charge is 2.16. The van der Waals surface area contributed by atoms with E-state index >= 15 is 0 Å². The monoisotopic (exact) mass is 281 g/mol. The summed E-state index contributed by atoms with van der Waals surface area (Å²) in [5.41, 5.74) is 6.03. The van der Waals surface area contributed by atoms with Crippen LogP contribution in [0, 0.1) is 11.3 Å². The van der Waals surface area contributed by atoms with Gasteiger partial charge in [-0.3, -0.25) is 4.79 Å². The molecule has 102 valence electrons. The molecule has 1 amide bonds. The third-order valence-electron chi connectivity index (χ3n) is 2.33. The van der Waals surface area contributed by atoms with E-state index in [9.17, 15) is 13.2 Å². The fraction of sp³-hybridized carbons (Fsp3) is 0.333. The SMILES string of the molecule is CC(CC(N)=O)NS(=O)(=O)Cc1ccc(C#N)cc1. The molecule has 0 radical (unpaired) electrons. The van der Waals surface area contributed by atoms with Crippen LogP contribution in [0.4, 0.5) is 0 Å². The second-order valence-corrected chi connectivity index (χ2v) is 6.01. The van der Waals surface area contributed by atoms with Gasteiger partial charge in [-0.15, -0.1) is 0 Å². The molecule has 1 unspecified atom stereocenters. The van der Waals surface area contributed by atoms with Crippen molar-refractivity contribution in [1.82, 2.24) is 4.72 Å². The van der Waals surface area contributed by atoms with Crippen LogP contribution in [-0.4, -0.2) is 20.4 Å². The number of primary amides is 1. The first-order valence-corrected chi connectivity index (χ1v) is 7.25. The summed E-state index contributed by atoms with van der Waals surface area (Å²) in [6.45, 7) is 1.57. The standard InChI is InChI=1S/C12H15N3O3S/c1-9(6-12(14)16)15-19(17,18)8-11-4-2-10(7-13)3-5-11/h2-5,9,15H,6,8H2,1H3,(H2,14,16). The average molecular weight is 281 g/mol. The average Bonchev–Trinajstić information content (AvgIpc) is 2.27. The Bertz CT molecular complexity index is 588. The van der Waals surface area contributed by atoms with Crippen LogP contribution in [0.3, 0.4) is 0 Å². The van der Waals surface area contributed by atoms with Gasteiger partial charge in [0.05, 0.1) is 17.4 Å². The van der Waals surface area contributed by atoms with E-state index < -0.39 is 22.0 Å². The fourth-order valence-electron chi connectivity index (χ4n) is 1.59. The van der Waals surface area contributed by atoms with Crippen LogP contribution in [-0.2, 0) is 20.6 Å². The van der Waals surface area contributed by atoms with Gasteiger partial charge < -0.3 is 5.73 Å². The Kier molecular flexibility index (Phi) is 5.03. The molecule has 0 bridgehead atoms. The van der Waals surface area contributed by atoms with Crippen LogP contribution in [0.15, 0.2) is 24.3 Å². The fourth-order valence-corrected chi connectivity index (χ4v) is 3.00. The predicted octanol–water partition coefficient (Wildman–Crippen LogP) is 0.242. The molecule has 6 nitrogen and oxygen atoms in total. The Morgan fingerprint density at radius 1 is 1.42 bits per heavy atom. The van der Waals surface area contributed by atoms with E-state index in [1.165, 1.54) is 0 Å². The number of hydrogen-bond donors (Lipinski definition) is 2. The van der Waals surface area contributed by atoms with Gasteiger partial charge in [0, 0.05) is 12.5 Å². The third-order valence-corrected chi connectivity index (χ3v) is 3.80. The number of carbonyl (C=O) groups is 1. The molecular formula is C12H15N3O3S. The number of benzene rings is 1. The molecule has 0 fully saturated rings. The molecular weight excluding hydrogens is 266 g/mol. The number of nitrogens with two attached hydrogens (primary N) is 1. The largest absolute Gasteiger partial charge is 0.370 e. The Balaban J connectivity index is 2.68.